The fourth-order valence-corrected chi connectivity index (χ4v) is 8.27. The van der Waals surface area contributed by atoms with E-state index in [1.165, 1.54) is 4.90 Å². The predicted octanol–water partition coefficient (Wildman–Crippen LogP) is 4.27. The standard InChI is InChI=1S/C40H50N4O7/c1-6-28(25-45)44-36-38(48)43(30-20-18-29(19-21-30)42(7-2)8-3)24-14-10-13-17-32(46)41(5)26(4)35(27-15-11-9-12-16-27)50-39(49)33-31-22-23-40(36,51-31)34(33)37(44)47/h9-12,14-16,18-23,26,28,31,33-36,45H,6-8,13,17,24-25H2,1-5H3/b14-10-/t26-,28-,31+,33-,34-,35+,36+,40-/m0/s1. The van der Waals surface area contributed by atoms with Crippen LogP contribution >= 0.6 is 0 Å². The Morgan fingerprint density at radius 3 is 2.31 bits per heavy atom. The van der Waals surface area contributed by atoms with E-state index in [1.807, 2.05) is 80.6 Å². The van der Waals surface area contributed by atoms with E-state index < -0.39 is 59.6 Å². The van der Waals surface area contributed by atoms with E-state index in [0.29, 0.717) is 24.1 Å². The maximum absolute atomic E-state index is 15.1. The van der Waals surface area contributed by atoms with Crippen molar-refractivity contribution in [1.29, 1.82) is 0 Å². The fraction of sp³-hybridized carbons (Fsp3) is 0.500. The Bertz CT molecular complexity index is 1650. The Morgan fingerprint density at radius 1 is 0.961 bits per heavy atom. The lowest BCUT2D eigenvalue weighted by Crippen LogP contribution is -2.58. The van der Waals surface area contributed by atoms with Gasteiger partial charge in [-0.2, -0.15) is 0 Å². The van der Waals surface area contributed by atoms with Crippen LogP contribution in [0.25, 0.3) is 0 Å². The number of nitrogens with zero attached hydrogens (tertiary/aromatic N) is 4. The topological polar surface area (TPSA) is 120 Å². The number of hydrogen-bond acceptors (Lipinski definition) is 8. The van der Waals surface area contributed by atoms with Crippen LogP contribution in [0.5, 0.6) is 0 Å². The summed E-state index contributed by atoms with van der Waals surface area (Å²) < 4.78 is 12.9. The lowest BCUT2D eigenvalue weighted by molar-refractivity contribution is -0.164. The second-order valence-electron chi connectivity index (χ2n) is 13.9. The van der Waals surface area contributed by atoms with Crippen LogP contribution in [0, 0.1) is 11.8 Å². The van der Waals surface area contributed by atoms with Gasteiger partial charge in [0, 0.05) is 44.5 Å². The number of carbonyl (C=O) groups excluding carboxylic acids is 4. The normalized spacial score (nSPS) is 30.8. The van der Waals surface area contributed by atoms with E-state index >= 15 is 4.79 Å². The lowest BCUT2D eigenvalue weighted by Gasteiger charge is -2.38. The number of allylic oxidation sites excluding steroid dienone is 1. The van der Waals surface area contributed by atoms with Gasteiger partial charge in [-0.3, -0.25) is 19.2 Å². The first-order valence-electron chi connectivity index (χ1n) is 18.2. The molecule has 272 valence electrons. The highest BCUT2D eigenvalue weighted by Crippen LogP contribution is 2.56. The fourth-order valence-electron chi connectivity index (χ4n) is 8.27. The summed E-state index contributed by atoms with van der Waals surface area (Å²) in [5.41, 5.74) is 0.924. The number of likely N-dealkylation sites (tertiary alicyclic amines) is 1. The number of aliphatic hydroxyl groups excluding tert-OH is 1. The molecule has 0 aromatic heterocycles. The number of hydrogen-bond donors (Lipinski definition) is 1. The van der Waals surface area contributed by atoms with E-state index in [0.717, 1.165) is 18.8 Å². The maximum atomic E-state index is 15.1. The van der Waals surface area contributed by atoms with Crippen molar-refractivity contribution in [2.45, 2.75) is 82.9 Å². The largest absolute Gasteiger partial charge is 0.455 e. The van der Waals surface area contributed by atoms with Gasteiger partial charge in [-0.1, -0.05) is 61.6 Å². The molecule has 6 rings (SSSR count). The number of aliphatic hydroxyl groups is 1. The highest BCUT2D eigenvalue weighted by Gasteiger charge is 2.74. The lowest BCUT2D eigenvalue weighted by atomic mass is 9.74. The second kappa shape index (κ2) is 15.0. The molecule has 4 aliphatic rings. The molecule has 0 radical (unpaired) electrons. The molecule has 2 aromatic rings. The third-order valence-electron chi connectivity index (χ3n) is 11.2. The quantitative estimate of drug-likeness (QED) is 0.321. The van der Waals surface area contributed by atoms with Gasteiger partial charge in [0.1, 0.15) is 23.7 Å². The Kier molecular flexibility index (Phi) is 10.7. The first-order valence-corrected chi connectivity index (χ1v) is 18.2. The zero-order valence-electron chi connectivity index (χ0n) is 30.2. The zero-order chi connectivity index (χ0) is 36.4. The molecule has 11 nitrogen and oxygen atoms in total. The molecule has 4 heterocycles. The SMILES string of the molecule is CC[C@@H](CO)N1C(=O)[C@@H]2[C@H]3C(=O)O[C@@H](c4ccccc4)[C@H](C)N(C)C(=O)CC/C=C\CN(c4ccc(N(CC)CC)cc4)C(=O)[C@@H]1[C@]21C=C[C@H]3O1. The number of amides is 3. The molecule has 51 heavy (non-hydrogen) atoms. The van der Waals surface area contributed by atoms with Gasteiger partial charge < -0.3 is 34.2 Å². The van der Waals surface area contributed by atoms with Crippen molar-refractivity contribution in [1.82, 2.24) is 9.80 Å². The number of esters is 1. The number of fused-ring (bicyclic) bond motifs is 2. The highest BCUT2D eigenvalue weighted by atomic mass is 16.6. The average molecular weight is 699 g/mol. The summed E-state index contributed by atoms with van der Waals surface area (Å²) in [6.07, 6.45) is 6.74. The summed E-state index contributed by atoms with van der Waals surface area (Å²) in [6.45, 7) is 9.36. The summed E-state index contributed by atoms with van der Waals surface area (Å²) in [5.74, 6) is -3.63. The van der Waals surface area contributed by atoms with Gasteiger partial charge in [0.25, 0.3) is 5.91 Å². The Balaban J connectivity index is 1.46. The maximum Gasteiger partial charge on any atom is 0.313 e. The van der Waals surface area contributed by atoms with Gasteiger partial charge in [0.05, 0.1) is 30.7 Å². The number of carbonyl (C=O) groups is 4. The highest BCUT2D eigenvalue weighted by molar-refractivity contribution is 6.05. The van der Waals surface area contributed by atoms with Crippen molar-refractivity contribution in [3.05, 3.63) is 84.5 Å². The van der Waals surface area contributed by atoms with Crippen LogP contribution in [0.3, 0.4) is 0 Å². The Hall–Kier alpha value is -4.48. The first-order chi connectivity index (χ1) is 24.6. The molecule has 8 atom stereocenters. The Labute approximate surface area is 300 Å². The van der Waals surface area contributed by atoms with Crippen LogP contribution in [0.4, 0.5) is 11.4 Å². The zero-order valence-corrected chi connectivity index (χ0v) is 30.2. The van der Waals surface area contributed by atoms with Gasteiger partial charge in [0.15, 0.2) is 0 Å². The average Bonchev–Trinajstić information content (AvgIpc) is 3.80. The minimum atomic E-state index is -1.44. The molecule has 1 spiro atoms. The monoisotopic (exact) mass is 698 g/mol. The van der Waals surface area contributed by atoms with Gasteiger partial charge in [-0.15, -0.1) is 0 Å². The van der Waals surface area contributed by atoms with Crippen LogP contribution in [0.1, 0.15) is 58.6 Å². The van der Waals surface area contributed by atoms with Crippen molar-refractivity contribution in [2.75, 3.05) is 43.1 Å². The third-order valence-corrected chi connectivity index (χ3v) is 11.2. The van der Waals surface area contributed by atoms with Crippen LogP contribution in [-0.4, -0.2) is 102 Å². The number of likely N-dealkylation sites (N-methyl/N-ethyl adjacent to an activating group) is 1. The minimum Gasteiger partial charge on any atom is -0.455 e. The van der Waals surface area contributed by atoms with Crippen molar-refractivity contribution in [3.8, 4) is 0 Å². The summed E-state index contributed by atoms with van der Waals surface area (Å²) >= 11 is 0. The molecule has 2 aromatic carbocycles. The molecule has 4 aliphatic heterocycles. The molecular weight excluding hydrogens is 648 g/mol. The summed E-state index contributed by atoms with van der Waals surface area (Å²) in [4.78, 5) is 64.5. The number of anilines is 2. The van der Waals surface area contributed by atoms with Crippen molar-refractivity contribution < 1.29 is 33.8 Å². The first kappa shape index (κ1) is 36.3. The van der Waals surface area contributed by atoms with Crippen LogP contribution in [0.15, 0.2) is 78.9 Å². The molecule has 3 amide bonds. The van der Waals surface area contributed by atoms with E-state index in [1.54, 1.807) is 29.0 Å². The van der Waals surface area contributed by atoms with Crippen LogP contribution < -0.4 is 9.80 Å². The van der Waals surface area contributed by atoms with Gasteiger partial charge in [0.2, 0.25) is 11.8 Å². The van der Waals surface area contributed by atoms with Crippen molar-refractivity contribution in [3.63, 3.8) is 0 Å². The number of ether oxygens (including phenoxy) is 2. The minimum absolute atomic E-state index is 0.113. The predicted molar refractivity (Wildman–Crippen MR) is 194 cm³/mol. The van der Waals surface area contributed by atoms with Crippen molar-refractivity contribution >= 4 is 35.1 Å². The van der Waals surface area contributed by atoms with Gasteiger partial charge in [-0.05, 0) is 63.4 Å². The molecule has 1 N–H and O–H groups in total. The molecule has 0 unspecified atom stereocenters. The van der Waals surface area contributed by atoms with Gasteiger partial charge in [-0.25, -0.2) is 0 Å². The molecule has 0 aliphatic carbocycles. The smallest absolute Gasteiger partial charge is 0.313 e. The van der Waals surface area contributed by atoms with Crippen LogP contribution in [-0.2, 0) is 28.7 Å². The molecule has 2 fully saturated rings. The molecular formula is C40H50N4O7. The van der Waals surface area contributed by atoms with E-state index in [2.05, 4.69) is 18.7 Å². The third kappa shape index (κ3) is 6.35. The molecule has 11 heteroatoms. The summed E-state index contributed by atoms with van der Waals surface area (Å²) in [5, 5.41) is 10.5. The molecule has 2 saturated heterocycles. The number of cyclic esters (lactones) is 1. The van der Waals surface area contributed by atoms with E-state index in [-0.39, 0.29) is 31.4 Å². The van der Waals surface area contributed by atoms with E-state index in [9.17, 15) is 19.5 Å². The molecule has 0 saturated carbocycles. The second-order valence-corrected chi connectivity index (χ2v) is 13.9. The number of rotatable bonds is 8. The van der Waals surface area contributed by atoms with Crippen LogP contribution in [0.2, 0.25) is 0 Å². The molecule has 5 bridgehead atoms. The Morgan fingerprint density at radius 2 is 1.67 bits per heavy atom. The van der Waals surface area contributed by atoms with Gasteiger partial charge >= 0.3 is 5.97 Å². The summed E-state index contributed by atoms with van der Waals surface area (Å²) in [6, 6.07) is 14.7. The summed E-state index contributed by atoms with van der Waals surface area (Å²) in [7, 11) is 1.71. The van der Waals surface area contributed by atoms with E-state index in [4.69, 9.17) is 9.47 Å². The number of benzene rings is 2. The van der Waals surface area contributed by atoms with Crippen molar-refractivity contribution in [2.24, 2.45) is 11.8 Å².